The van der Waals surface area contributed by atoms with Gasteiger partial charge in [0.15, 0.2) is 0 Å². The minimum Gasteiger partial charge on any atom is -0.497 e. The molecule has 0 fully saturated rings. The Labute approximate surface area is 173 Å². The molecule has 4 aromatic rings. The molecule has 1 heterocycles. The van der Waals surface area contributed by atoms with Gasteiger partial charge in [0.05, 0.1) is 37.0 Å². The van der Waals surface area contributed by atoms with Gasteiger partial charge >= 0.3 is 0 Å². The Balaban J connectivity index is 1.78. The van der Waals surface area contributed by atoms with Crippen LogP contribution in [-0.4, -0.2) is 30.0 Å². The number of rotatable bonds is 6. The molecule has 4 rings (SSSR count). The molecule has 0 radical (unpaired) electrons. The van der Waals surface area contributed by atoms with Gasteiger partial charge in [-0.25, -0.2) is 15.0 Å². The topological polar surface area (TPSA) is 77.7 Å². The Morgan fingerprint density at radius 2 is 1.73 bits per heavy atom. The number of ether oxygens (including phenoxy) is 2. The third-order valence-electron chi connectivity index (χ3n) is 4.60. The first kappa shape index (κ1) is 19.2. The molecule has 0 spiro atoms. The number of nitrogens with one attached hydrogen (secondary N) is 1. The van der Waals surface area contributed by atoms with Crippen LogP contribution in [0.25, 0.3) is 16.6 Å². The number of anilines is 1. The summed E-state index contributed by atoms with van der Waals surface area (Å²) in [5, 5.41) is 4.83. The van der Waals surface area contributed by atoms with Crippen LogP contribution in [0.5, 0.6) is 11.5 Å². The van der Waals surface area contributed by atoms with Gasteiger partial charge in [-0.05, 0) is 42.5 Å². The van der Waals surface area contributed by atoms with Crippen molar-refractivity contribution in [3.8, 4) is 17.2 Å². The fourth-order valence-corrected chi connectivity index (χ4v) is 3.12. The predicted octanol–water partition coefficient (Wildman–Crippen LogP) is 3.85. The summed E-state index contributed by atoms with van der Waals surface area (Å²) >= 11 is 0. The molecule has 0 aliphatic rings. The van der Waals surface area contributed by atoms with E-state index in [1.165, 1.54) is 4.57 Å². The Kier molecular flexibility index (Phi) is 5.43. The van der Waals surface area contributed by atoms with E-state index in [0.717, 1.165) is 5.56 Å². The van der Waals surface area contributed by atoms with Crippen molar-refractivity contribution in [1.29, 1.82) is 0 Å². The Bertz CT molecular complexity index is 1270. The minimum atomic E-state index is -0.177. The molecule has 0 aliphatic heterocycles. The molecule has 7 nitrogen and oxygen atoms in total. The van der Waals surface area contributed by atoms with Crippen LogP contribution < -0.4 is 20.5 Å². The monoisotopic (exact) mass is 400 g/mol. The van der Waals surface area contributed by atoms with Crippen molar-refractivity contribution >= 4 is 23.1 Å². The average Bonchev–Trinajstić information content (AvgIpc) is 2.79. The maximum Gasteiger partial charge on any atom is 0.267 e. The Hall–Kier alpha value is -4.13. The van der Waals surface area contributed by atoms with Gasteiger partial charge in [0, 0.05) is 5.56 Å². The summed E-state index contributed by atoms with van der Waals surface area (Å²) in [6.45, 7) is 0. The first-order valence-electron chi connectivity index (χ1n) is 9.29. The van der Waals surface area contributed by atoms with Crippen molar-refractivity contribution in [3.63, 3.8) is 0 Å². The summed E-state index contributed by atoms with van der Waals surface area (Å²) in [7, 11) is 3.18. The number of hydrogen-bond donors (Lipinski definition) is 1. The summed E-state index contributed by atoms with van der Waals surface area (Å²) in [4.78, 5) is 17.8. The van der Waals surface area contributed by atoms with Crippen LogP contribution in [0, 0.1) is 0 Å². The second-order valence-electron chi connectivity index (χ2n) is 6.41. The molecule has 0 saturated heterocycles. The van der Waals surface area contributed by atoms with Gasteiger partial charge in [-0.1, -0.05) is 30.3 Å². The quantitative estimate of drug-likeness (QED) is 0.393. The number of hydrazone groups is 1. The second-order valence-corrected chi connectivity index (χ2v) is 6.41. The van der Waals surface area contributed by atoms with Crippen molar-refractivity contribution in [3.05, 3.63) is 88.7 Å². The molecule has 0 saturated carbocycles. The summed E-state index contributed by atoms with van der Waals surface area (Å²) in [5.41, 5.74) is 4.73. The fraction of sp³-hybridized carbons (Fsp3) is 0.0870. The highest BCUT2D eigenvalue weighted by molar-refractivity contribution is 5.85. The number of fused-ring (bicyclic) bond motifs is 1. The maximum absolute atomic E-state index is 13.2. The second kappa shape index (κ2) is 8.48. The van der Waals surface area contributed by atoms with E-state index < -0.39 is 0 Å². The van der Waals surface area contributed by atoms with Crippen LogP contribution >= 0.6 is 0 Å². The highest BCUT2D eigenvalue weighted by atomic mass is 16.5. The molecule has 3 aromatic carbocycles. The lowest BCUT2D eigenvalue weighted by Gasteiger charge is -2.13. The number of para-hydroxylation sites is 2. The largest absolute Gasteiger partial charge is 0.497 e. The highest BCUT2D eigenvalue weighted by Gasteiger charge is 2.12. The van der Waals surface area contributed by atoms with E-state index in [4.69, 9.17) is 9.47 Å². The van der Waals surface area contributed by atoms with E-state index in [0.29, 0.717) is 34.0 Å². The van der Waals surface area contributed by atoms with Gasteiger partial charge < -0.3 is 9.47 Å². The zero-order chi connectivity index (χ0) is 20.9. The summed E-state index contributed by atoms with van der Waals surface area (Å²) in [5.74, 6) is 1.64. The van der Waals surface area contributed by atoms with Crippen LogP contribution in [0.1, 0.15) is 5.56 Å². The number of methoxy groups -OCH3 is 2. The van der Waals surface area contributed by atoms with Gasteiger partial charge in [0.1, 0.15) is 11.5 Å². The summed E-state index contributed by atoms with van der Waals surface area (Å²) in [6.07, 6.45) is 1.60. The van der Waals surface area contributed by atoms with E-state index in [9.17, 15) is 4.79 Å². The SMILES string of the molecule is COc1ccc(OC)c(/C=N\Nc2nc3ccccc3c(=O)n2-c2ccccc2)c1. The van der Waals surface area contributed by atoms with Crippen LogP contribution in [-0.2, 0) is 0 Å². The van der Waals surface area contributed by atoms with E-state index in [1.807, 2.05) is 54.6 Å². The minimum absolute atomic E-state index is 0.177. The first-order chi connectivity index (χ1) is 14.7. The van der Waals surface area contributed by atoms with E-state index >= 15 is 0 Å². The molecule has 0 aliphatic carbocycles. The van der Waals surface area contributed by atoms with Crippen molar-refractivity contribution < 1.29 is 9.47 Å². The molecular weight excluding hydrogens is 380 g/mol. The normalized spacial score (nSPS) is 11.0. The van der Waals surface area contributed by atoms with Gasteiger partial charge in [0.25, 0.3) is 5.56 Å². The predicted molar refractivity (Wildman–Crippen MR) is 118 cm³/mol. The van der Waals surface area contributed by atoms with E-state index in [2.05, 4.69) is 15.5 Å². The molecule has 7 heteroatoms. The molecule has 0 bridgehead atoms. The molecule has 0 atom stereocenters. The van der Waals surface area contributed by atoms with Gasteiger partial charge in [-0.15, -0.1) is 0 Å². The van der Waals surface area contributed by atoms with Crippen molar-refractivity contribution in [2.45, 2.75) is 0 Å². The van der Waals surface area contributed by atoms with Crippen LogP contribution in [0.3, 0.4) is 0 Å². The van der Waals surface area contributed by atoms with E-state index in [-0.39, 0.29) is 5.56 Å². The lowest BCUT2D eigenvalue weighted by atomic mass is 10.2. The van der Waals surface area contributed by atoms with Gasteiger partial charge in [0.2, 0.25) is 5.95 Å². The van der Waals surface area contributed by atoms with Crippen molar-refractivity contribution in [2.75, 3.05) is 19.6 Å². The third-order valence-corrected chi connectivity index (χ3v) is 4.60. The standard InChI is InChI=1S/C23H20N4O3/c1-29-18-12-13-21(30-2)16(14-18)15-24-26-23-25-20-11-7-6-10-19(20)22(28)27(23)17-8-4-3-5-9-17/h3-15H,1-2H3,(H,25,26)/b24-15-. The number of hydrogen-bond acceptors (Lipinski definition) is 6. The van der Waals surface area contributed by atoms with Crippen molar-refractivity contribution in [1.82, 2.24) is 9.55 Å². The average molecular weight is 400 g/mol. The number of benzene rings is 3. The van der Waals surface area contributed by atoms with Crippen LogP contribution in [0.2, 0.25) is 0 Å². The smallest absolute Gasteiger partial charge is 0.267 e. The third kappa shape index (κ3) is 3.73. The molecular formula is C23H20N4O3. The molecule has 0 amide bonds. The zero-order valence-corrected chi connectivity index (χ0v) is 16.6. The molecule has 150 valence electrons. The Morgan fingerprint density at radius 3 is 2.50 bits per heavy atom. The Morgan fingerprint density at radius 1 is 0.967 bits per heavy atom. The fourth-order valence-electron chi connectivity index (χ4n) is 3.12. The first-order valence-corrected chi connectivity index (χ1v) is 9.29. The van der Waals surface area contributed by atoms with Gasteiger partial charge in [-0.2, -0.15) is 5.10 Å². The zero-order valence-electron chi connectivity index (χ0n) is 16.6. The summed E-state index contributed by atoms with van der Waals surface area (Å²) in [6, 6.07) is 22.0. The maximum atomic E-state index is 13.2. The molecule has 1 aromatic heterocycles. The van der Waals surface area contributed by atoms with E-state index in [1.54, 1.807) is 38.6 Å². The lowest BCUT2D eigenvalue weighted by molar-refractivity contribution is 0.402. The van der Waals surface area contributed by atoms with Gasteiger partial charge in [-0.3, -0.25) is 4.79 Å². The number of nitrogens with zero attached hydrogens (tertiary/aromatic N) is 3. The lowest BCUT2D eigenvalue weighted by Crippen LogP contribution is -2.22. The number of aromatic nitrogens is 2. The molecule has 0 unspecified atom stereocenters. The summed E-state index contributed by atoms with van der Waals surface area (Å²) < 4.78 is 12.1. The molecule has 1 N–H and O–H groups in total. The van der Waals surface area contributed by atoms with Crippen LogP contribution in [0.15, 0.2) is 82.7 Å². The molecule has 30 heavy (non-hydrogen) atoms. The van der Waals surface area contributed by atoms with Crippen LogP contribution in [0.4, 0.5) is 5.95 Å². The van der Waals surface area contributed by atoms with Crippen molar-refractivity contribution in [2.24, 2.45) is 5.10 Å². The highest BCUT2D eigenvalue weighted by Crippen LogP contribution is 2.22.